The lowest BCUT2D eigenvalue weighted by Crippen LogP contribution is -2.35. The standard InChI is InChI=1S/C44H64N4O10S/c1-3-33-9-8-10-36(29-33)47(4-2)42(51)32-48-37-17-28-59-40(37)31-38(48)39(49)30-34-12-14-35(15-13-34)44(54)46-18-7-5-6-11-41(50)45-19-21-56-23-25-58-27-26-57-24-22-55-20-16-43(52)53/h8-10,17,28-29,31,34-35H,3-7,11-16,18-27,30,32H2,1-2H3,(H,45,50)(H,46,54)(H,52,53). The van der Waals surface area contributed by atoms with Gasteiger partial charge in [-0.05, 0) is 93.0 Å². The summed E-state index contributed by atoms with van der Waals surface area (Å²) in [6.45, 7) is 8.64. The highest BCUT2D eigenvalue weighted by Crippen LogP contribution is 2.33. The van der Waals surface area contributed by atoms with E-state index in [-0.39, 0.29) is 54.9 Å². The summed E-state index contributed by atoms with van der Waals surface area (Å²) in [6.07, 6.45) is 7.22. The first-order valence-corrected chi connectivity index (χ1v) is 22.1. The maximum atomic E-state index is 13.8. The summed E-state index contributed by atoms with van der Waals surface area (Å²) >= 11 is 1.57. The van der Waals surface area contributed by atoms with Gasteiger partial charge in [-0.2, -0.15) is 0 Å². The van der Waals surface area contributed by atoms with Crippen LogP contribution >= 0.6 is 11.3 Å². The summed E-state index contributed by atoms with van der Waals surface area (Å²) in [7, 11) is 0. The Morgan fingerprint density at radius 1 is 0.797 bits per heavy atom. The van der Waals surface area contributed by atoms with Crippen LogP contribution < -0.4 is 15.5 Å². The zero-order valence-corrected chi connectivity index (χ0v) is 35.7. The number of aryl methyl sites for hydroxylation is 1. The Hall–Kier alpha value is -4.15. The van der Waals surface area contributed by atoms with Crippen LogP contribution in [0.5, 0.6) is 0 Å². The normalized spacial score (nSPS) is 15.3. The van der Waals surface area contributed by atoms with Crippen molar-refractivity contribution in [1.82, 2.24) is 15.2 Å². The fourth-order valence-corrected chi connectivity index (χ4v) is 8.08. The number of hydrogen-bond acceptors (Lipinski definition) is 10. The molecule has 3 amide bonds. The van der Waals surface area contributed by atoms with Gasteiger partial charge in [-0.25, -0.2) is 0 Å². The van der Waals surface area contributed by atoms with Crippen LogP contribution in [0.3, 0.4) is 0 Å². The van der Waals surface area contributed by atoms with Gasteiger partial charge in [0, 0.05) is 44.1 Å². The number of aromatic nitrogens is 1. The topological polar surface area (TPSA) is 175 Å². The number of ketones is 1. The molecule has 0 unspecified atom stereocenters. The predicted octanol–water partition coefficient (Wildman–Crippen LogP) is 6.03. The maximum Gasteiger partial charge on any atom is 0.305 e. The van der Waals surface area contributed by atoms with Crippen molar-refractivity contribution in [2.45, 2.75) is 91.0 Å². The van der Waals surface area contributed by atoms with Crippen LogP contribution in [0.25, 0.3) is 10.2 Å². The van der Waals surface area contributed by atoms with Crippen molar-refractivity contribution in [3.05, 3.63) is 53.0 Å². The van der Waals surface area contributed by atoms with Crippen LogP contribution in [0, 0.1) is 11.8 Å². The second-order valence-electron chi connectivity index (χ2n) is 14.8. The Balaban J connectivity index is 1.03. The smallest absolute Gasteiger partial charge is 0.305 e. The van der Waals surface area contributed by atoms with Gasteiger partial charge in [0.15, 0.2) is 5.78 Å². The number of nitrogens with zero attached hydrogens (tertiary/aromatic N) is 2. The molecular formula is C44H64N4O10S. The molecule has 0 saturated heterocycles. The van der Waals surface area contributed by atoms with Gasteiger partial charge in [-0.3, -0.25) is 24.0 Å². The molecule has 0 atom stereocenters. The number of Topliss-reactive ketones (excluding diaryl/α,β-unsaturated/α-hetero) is 1. The summed E-state index contributed by atoms with van der Waals surface area (Å²) in [6, 6.07) is 12.0. The number of nitrogens with one attached hydrogen (secondary N) is 2. The zero-order valence-electron chi connectivity index (χ0n) is 34.9. The van der Waals surface area contributed by atoms with Crippen molar-refractivity contribution in [2.24, 2.45) is 11.8 Å². The third kappa shape index (κ3) is 16.8. The van der Waals surface area contributed by atoms with Crippen molar-refractivity contribution >= 4 is 56.7 Å². The monoisotopic (exact) mass is 840 g/mol. The molecule has 0 aliphatic heterocycles. The molecule has 3 aromatic rings. The fourth-order valence-electron chi connectivity index (χ4n) is 7.26. The van der Waals surface area contributed by atoms with E-state index in [2.05, 4.69) is 29.7 Å². The number of carbonyl (C=O) groups is 5. The molecular weight excluding hydrogens is 777 g/mol. The van der Waals surface area contributed by atoms with E-state index >= 15 is 0 Å². The highest BCUT2D eigenvalue weighted by Gasteiger charge is 2.29. The van der Waals surface area contributed by atoms with Gasteiger partial charge >= 0.3 is 5.97 Å². The first-order chi connectivity index (χ1) is 28.7. The van der Waals surface area contributed by atoms with E-state index in [9.17, 15) is 24.0 Å². The molecule has 3 N–H and O–H groups in total. The molecule has 1 aliphatic rings. The molecule has 0 bridgehead atoms. The number of aliphatic carboxylic acids is 1. The highest BCUT2D eigenvalue weighted by atomic mass is 32.1. The van der Waals surface area contributed by atoms with Crippen molar-refractivity contribution < 1.29 is 48.0 Å². The van der Waals surface area contributed by atoms with E-state index in [1.807, 2.05) is 41.1 Å². The zero-order chi connectivity index (χ0) is 42.2. The van der Waals surface area contributed by atoms with Gasteiger partial charge in [0.1, 0.15) is 6.54 Å². The number of carboxylic acids is 1. The summed E-state index contributed by atoms with van der Waals surface area (Å²) < 4.78 is 24.3. The molecule has 59 heavy (non-hydrogen) atoms. The first kappa shape index (κ1) is 47.5. The number of carboxylic acid groups (broad SMARTS) is 1. The van der Waals surface area contributed by atoms with Gasteiger partial charge in [-0.15, -0.1) is 11.3 Å². The van der Waals surface area contributed by atoms with Crippen molar-refractivity contribution in [3.8, 4) is 0 Å². The molecule has 1 aromatic carbocycles. The molecule has 15 heteroatoms. The van der Waals surface area contributed by atoms with Crippen molar-refractivity contribution in [1.29, 1.82) is 0 Å². The Bertz CT molecular complexity index is 1750. The Morgan fingerprint density at radius 2 is 1.49 bits per heavy atom. The van der Waals surface area contributed by atoms with E-state index in [0.29, 0.717) is 84.4 Å². The van der Waals surface area contributed by atoms with Gasteiger partial charge < -0.3 is 44.2 Å². The third-order valence-electron chi connectivity index (χ3n) is 10.6. The third-order valence-corrected chi connectivity index (χ3v) is 11.4. The number of amides is 3. The molecule has 1 saturated carbocycles. The lowest BCUT2D eigenvalue weighted by atomic mass is 9.79. The molecule has 2 heterocycles. The minimum Gasteiger partial charge on any atom is -0.481 e. The van der Waals surface area contributed by atoms with Crippen LogP contribution in [-0.2, 0) is 51.1 Å². The number of anilines is 1. The molecule has 4 rings (SSSR count). The molecule has 14 nitrogen and oxygen atoms in total. The minimum atomic E-state index is -0.889. The molecule has 326 valence electrons. The van der Waals surface area contributed by atoms with Gasteiger partial charge in [0.2, 0.25) is 17.7 Å². The minimum absolute atomic E-state index is 0.0215. The summed E-state index contributed by atoms with van der Waals surface area (Å²) in [5.74, 6) is -0.697. The number of fused-ring (bicyclic) bond motifs is 1. The highest BCUT2D eigenvalue weighted by molar-refractivity contribution is 7.17. The predicted molar refractivity (Wildman–Crippen MR) is 228 cm³/mol. The van der Waals surface area contributed by atoms with Crippen LogP contribution in [0.2, 0.25) is 0 Å². The lowest BCUT2D eigenvalue weighted by molar-refractivity contribution is -0.138. The summed E-state index contributed by atoms with van der Waals surface area (Å²) in [5.41, 5.74) is 3.53. The quantitative estimate of drug-likeness (QED) is 0.0531. The summed E-state index contributed by atoms with van der Waals surface area (Å²) in [4.78, 5) is 64.7. The number of benzene rings is 1. The van der Waals surface area contributed by atoms with Crippen LogP contribution in [0.1, 0.15) is 94.1 Å². The number of rotatable bonds is 30. The molecule has 2 aromatic heterocycles. The fraction of sp³-hybridized carbons (Fsp3) is 0.614. The van der Waals surface area contributed by atoms with Crippen LogP contribution in [0.15, 0.2) is 41.8 Å². The Morgan fingerprint density at radius 3 is 2.17 bits per heavy atom. The summed E-state index contributed by atoms with van der Waals surface area (Å²) in [5, 5.41) is 16.5. The maximum absolute atomic E-state index is 13.8. The van der Waals surface area contributed by atoms with Gasteiger partial charge in [-0.1, -0.05) is 25.5 Å². The largest absolute Gasteiger partial charge is 0.481 e. The van der Waals surface area contributed by atoms with Gasteiger partial charge in [0.05, 0.1) is 75.2 Å². The molecule has 0 radical (unpaired) electrons. The molecule has 1 aliphatic carbocycles. The van der Waals surface area contributed by atoms with Crippen molar-refractivity contribution in [2.75, 3.05) is 77.4 Å². The Labute approximate surface area is 352 Å². The SMILES string of the molecule is CCc1cccc(N(CC)C(=O)Cn2c(C(=O)CC3CCC(C(=O)NCCCCCC(=O)NCCOCCOCCOCCOCCC(=O)O)CC3)cc3sccc32)c1. The first-order valence-electron chi connectivity index (χ1n) is 21.3. The average molecular weight is 841 g/mol. The number of hydrogen-bond donors (Lipinski definition) is 3. The molecule has 1 fully saturated rings. The van der Waals surface area contributed by atoms with Crippen LogP contribution in [-0.4, -0.2) is 112 Å². The second kappa shape index (κ2) is 26.8. The Kier molecular flexibility index (Phi) is 21.6. The number of carbonyl (C=O) groups excluding carboxylic acids is 4. The van der Waals surface area contributed by atoms with E-state index in [1.54, 1.807) is 16.2 Å². The molecule has 0 spiro atoms. The van der Waals surface area contributed by atoms with Crippen molar-refractivity contribution in [3.63, 3.8) is 0 Å². The number of unbranched alkanes of at least 4 members (excludes halogenated alkanes) is 2. The van der Waals surface area contributed by atoms with Gasteiger partial charge in [0.25, 0.3) is 0 Å². The lowest BCUT2D eigenvalue weighted by Gasteiger charge is -2.27. The average Bonchev–Trinajstić information content (AvgIpc) is 3.83. The van der Waals surface area contributed by atoms with E-state index < -0.39 is 5.97 Å². The van der Waals surface area contributed by atoms with E-state index in [0.717, 1.165) is 67.3 Å². The van der Waals surface area contributed by atoms with E-state index in [4.69, 9.17) is 24.1 Å². The second-order valence-corrected chi connectivity index (χ2v) is 15.8. The van der Waals surface area contributed by atoms with Crippen LogP contribution in [0.4, 0.5) is 5.69 Å². The number of likely N-dealkylation sites (N-methyl/N-ethyl adjacent to an activating group) is 1. The number of ether oxygens (including phenoxy) is 4. The van der Waals surface area contributed by atoms with E-state index in [1.165, 1.54) is 5.56 Å². The number of thiophene rings is 1.